The molecule has 140 valence electrons. The Hall–Kier alpha value is -2.26. The minimum atomic E-state index is -0.235. The zero-order valence-electron chi connectivity index (χ0n) is 15.9. The van der Waals surface area contributed by atoms with Crippen molar-refractivity contribution in [1.82, 2.24) is 0 Å². The average molecular weight is 383 g/mol. The fourth-order valence-electron chi connectivity index (χ4n) is 3.66. The molecule has 1 aliphatic carbocycles. The third-order valence-corrected chi connectivity index (χ3v) is 5.54. The summed E-state index contributed by atoms with van der Waals surface area (Å²) in [5.74, 6) is 0.533. The van der Waals surface area contributed by atoms with E-state index in [4.69, 9.17) is 20.8 Å². The number of rotatable bonds is 3. The fraction of sp³-hybridized carbons (Fsp3) is 0.348. The predicted octanol–water partition coefficient (Wildman–Crippen LogP) is 5.81. The molecule has 0 N–H and O–H groups in total. The molecule has 0 atom stereocenters. The Morgan fingerprint density at radius 3 is 2.48 bits per heavy atom. The molecule has 1 aliphatic rings. The lowest BCUT2D eigenvalue weighted by Crippen LogP contribution is -2.10. The normalized spacial score (nSPS) is 13.8. The van der Waals surface area contributed by atoms with Gasteiger partial charge in [0.2, 0.25) is 0 Å². The van der Waals surface area contributed by atoms with Gasteiger partial charge in [-0.2, -0.15) is 0 Å². The largest absolute Gasteiger partial charge is 0.487 e. The highest BCUT2D eigenvalue weighted by atomic mass is 35.5. The highest BCUT2D eigenvalue weighted by molar-refractivity contribution is 6.32. The number of aryl methyl sites for hydroxylation is 1. The molecule has 0 fully saturated rings. The second-order valence-corrected chi connectivity index (χ2v) is 8.62. The molecular weight excluding hydrogens is 360 g/mol. The van der Waals surface area contributed by atoms with Crippen molar-refractivity contribution < 1.29 is 9.15 Å². The van der Waals surface area contributed by atoms with Crippen LogP contribution in [0.25, 0.3) is 11.0 Å². The van der Waals surface area contributed by atoms with Crippen molar-refractivity contribution in [2.75, 3.05) is 0 Å². The van der Waals surface area contributed by atoms with E-state index >= 15 is 0 Å². The van der Waals surface area contributed by atoms with E-state index in [1.165, 1.54) is 5.56 Å². The summed E-state index contributed by atoms with van der Waals surface area (Å²) in [4.78, 5) is 12.2. The number of fused-ring (bicyclic) bond motifs is 3. The Kier molecular flexibility index (Phi) is 4.51. The SMILES string of the molecule is CC(C)(C)c1ccc(COc2cc3oc(=O)c4c(c3cc2Cl)CCC4)cc1. The second-order valence-electron chi connectivity index (χ2n) is 8.21. The van der Waals surface area contributed by atoms with E-state index < -0.39 is 0 Å². The van der Waals surface area contributed by atoms with Gasteiger partial charge < -0.3 is 9.15 Å². The molecule has 2 aromatic carbocycles. The minimum absolute atomic E-state index is 0.124. The van der Waals surface area contributed by atoms with Crippen LogP contribution in [0.3, 0.4) is 0 Å². The lowest BCUT2D eigenvalue weighted by molar-refractivity contribution is 0.306. The van der Waals surface area contributed by atoms with Crippen LogP contribution in [-0.2, 0) is 24.9 Å². The van der Waals surface area contributed by atoms with Gasteiger partial charge in [0.25, 0.3) is 0 Å². The van der Waals surface area contributed by atoms with Crippen molar-refractivity contribution in [2.45, 2.75) is 52.1 Å². The van der Waals surface area contributed by atoms with Crippen LogP contribution in [0, 0.1) is 0 Å². The molecule has 3 aromatic rings. The second kappa shape index (κ2) is 6.72. The molecule has 0 saturated heterocycles. The van der Waals surface area contributed by atoms with Crippen LogP contribution >= 0.6 is 11.6 Å². The Morgan fingerprint density at radius 2 is 1.78 bits per heavy atom. The van der Waals surface area contributed by atoms with Gasteiger partial charge in [0.15, 0.2) is 0 Å². The van der Waals surface area contributed by atoms with Gasteiger partial charge in [-0.15, -0.1) is 0 Å². The van der Waals surface area contributed by atoms with Gasteiger partial charge in [0.05, 0.1) is 5.02 Å². The van der Waals surface area contributed by atoms with Crippen molar-refractivity contribution in [3.8, 4) is 5.75 Å². The van der Waals surface area contributed by atoms with Gasteiger partial charge in [-0.05, 0) is 47.4 Å². The van der Waals surface area contributed by atoms with Crippen LogP contribution < -0.4 is 10.4 Å². The first kappa shape index (κ1) is 18.1. The Bertz CT molecular complexity index is 1060. The van der Waals surface area contributed by atoms with Crippen LogP contribution in [0.5, 0.6) is 5.75 Å². The number of ether oxygens (including phenoxy) is 1. The number of benzene rings is 2. The Morgan fingerprint density at radius 1 is 1.07 bits per heavy atom. The van der Waals surface area contributed by atoms with Crippen LogP contribution in [0.2, 0.25) is 5.02 Å². The summed E-state index contributed by atoms with van der Waals surface area (Å²) >= 11 is 6.45. The van der Waals surface area contributed by atoms with E-state index in [-0.39, 0.29) is 11.0 Å². The predicted molar refractivity (Wildman–Crippen MR) is 109 cm³/mol. The van der Waals surface area contributed by atoms with Gasteiger partial charge >= 0.3 is 5.63 Å². The molecule has 0 saturated carbocycles. The molecule has 0 radical (unpaired) electrons. The molecule has 0 aliphatic heterocycles. The molecular formula is C23H23ClO3. The van der Waals surface area contributed by atoms with E-state index in [0.29, 0.717) is 23.0 Å². The maximum Gasteiger partial charge on any atom is 0.339 e. The first-order valence-corrected chi connectivity index (χ1v) is 9.71. The van der Waals surface area contributed by atoms with E-state index in [1.54, 1.807) is 6.07 Å². The zero-order valence-corrected chi connectivity index (χ0v) is 16.7. The molecule has 1 heterocycles. The van der Waals surface area contributed by atoms with Crippen molar-refractivity contribution in [1.29, 1.82) is 0 Å². The lowest BCUT2D eigenvalue weighted by Gasteiger charge is -2.19. The highest BCUT2D eigenvalue weighted by Gasteiger charge is 2.21. The van der Waals surface area contributed by atoms with Gasteiger partial charge in [-0.25, -0.2) is 4.79 Å². The number of hydrogen-bond donors (Lipinski definition) is 0. The molecule has 4 heteroatoms. The standard InChI is InChI=1S/C23H23ClO3/c1-23(2,3)15-9-7-14(8-10-15)13-26-21-12-20-18(11-19(21)24)16-5-4-6-17(16)22(25)27-20/h7-12H,4-6,13H2,1-3H3. The van der Waals surface area contributed by atoms with Crippen molar-refractivity contribution in [3.63, 3.8) is 0 Å². The van der Waals surface area contributed by atoms with E-state index in [2.05, 4.69) is 45.0 Å². The molecule has 3 nitrogen and oxygen atoms in total. The summed E-state index contributed by atoms with van der Waals surface area (Å²) in [5.41, 5.74) is 4.65. The third kappa shape index (κ3) is 3.49. The van der Waals surface area contributed by atoms with Crippen molar-refractivity contribution in [3.05, 3.63) is 74.1 Å². The summed E-state index contributed by atoms with van der Waals surface area (Å²) in [6.45, 7) is 6.98. The minimum Gasteiger partial charge on any atom is -0.487 e. The van der Waals surface area contributed by atoms with Gasteiger partial charge in [0, 0.05) is 17.0 Å². The van der Waals surface area contributed by atoms with E-state index in [9.17, 15) is 4.79 Å². The summed E-state index contributed by atoms with van der Waals surface area (Å²) in [7, 11) is 0. The molecule has 27 heavy (non-hydrogen) atoms. The van der Waals surface area contributed by atoms with Crippen LogP contribution in [-0.4, -0.2) is 0 Å². The van der Waals surface area contributed by atoms with Crippen LogP contribution in [0.15, 0.2) is 45.6 Å². The molecule has 0 spiro atoms. The lowest BCUT2D eigenvalue weighted by atomic mass is 9.87. The smallest absolute Gasteiger partial charge is 0.339 e. The Balaban J connectivity index is 1.60. The summed E-state index contributed by atoms with van der Waals surface area (Å²) in [6, 6.07) is 12.0. The third-order valence-electron chi connectivity index (χ3n) is 5.24. The van der Waals surface area contributed by atoms with Gasteiger partial charge in [-0.3, -0.25) is 0 Å². The molecule has 1 aromatic heterocycles. The first-order chi connectivity index (χ1) is 12.8. The number of hydrogen-bond acceptors (Lipinski definition) is 3. The quantitative estimate of drug-likeness (QED) is 0.536. The topological polar surface area (TPSA) is 39.4 Å². The van der Waals surface area contributed by atoms with Crippen LogP contribution in [0.1, 0.15) is 49.4 Å². The molecule has 0 bridgehead atoms. The molecule has 0 unspecified atom stereocenters. The summed E-state index contributed by atoms with van der Waals surface area (Å²) in [5, 5.41) is 1.46. The van der Waals surface area contributed by atoms with Crippen LogP contribution in [0.4, 0.5) is 0 Å². The summed E-state index contributed by atoms with van der Waals surface area (Å²) in [6.07, 6.45) is 2.67. The average Bonchev–Trinajstić information content (AvgIpc) is 3.11. The monoisotopic (exact) mass is 382 g/mol. The molecule has 4 rings (SSSR count). The van der Waals surface area contributed by atoms with Crippen molar-refractivity contribution >= 4 is 22.6 Å². The number of halogens is 1. The Labute approximate surface area is 163 Å². The first-order valence-electron chi connectivity index (χ1n) is 9.33. The molecule has 0 amide bonds. The summed E-state index contributed by atoms with van der Waals surface area (Å²) < 4.78 is 11.4. The van der Waals surface area contributed by atoms with Crippen molar-refractivity contribution in [2.24, 2.45) is 0 Å². The maximum absolute atomic E-state index is 12.2. The van der Waals surface area contributed by atoms with Gasteiger partial charge in [0.1, 0.15) is 17.9 Å². The fourth-order valence-corrected chi connectivity index (χ4v) is 3.87. The van der Waals surface area contributed by atoms with Gasteiger partial charge in [-0.1, -0.05) is 56.6 Å². The van der Waals surface area contributed by atoms with E-state index in [1.807, 2.05) is 6.07 Å². The highest BCUT2D eigenvalue weighted by Crippen LogP contribution is 2.35. The van der Waals surface area contributed by atoms with E-state index in [0.717, 1.165) is 41.3 Å². The maximum atomic E-state index is 12.2. The zero-order chi connectivity index (χ0) is 19.2.